The Morgan fingerprint density at radius 1 is 0.661 bits per heavy atom. The van der Waals surface area contributed by atoms with Gasteiger partial charge in [0, 0.05) is 12.8 Å². The predicted octanol–water partition coefficient (Wildman–Crippen LogP) is 9.41. The molecule has 16 heteroatoms. The van der Waals surface area contributed by atoms with Gasteiger partial charge < -0.3 is 34.0 Å². The molecule has 56 heavy (non-hydrogen) atoms. The van der Waals surface area contributed by atoms with Crippen LogP contribution in [0.1, 0.15) is 175 Å². The second-order valence-electron chi connectivity index (χ2n) is 15.5. The van der Waals surface area contributed by atoms with E-state index >= 15 is 0 Å². The highest BCUT2D eigenvalue weighted by molar-refractivity contribution is 7.47. The van der Waals surface area contributed by atoms with Crippen LogP contribution in [0.25, 0.3) is 0 Å². The number of phosphoric ester groups is 2. The number of allylic oxidation sites excluding steroid dienone is 1. The highest BCUT2D eigenvalue weighted by atomic mass is 31.2. The first-order valence-corrected chi connectivity index (χ1v) is 24.4. The summed E-state index contributed by atoms with van der Waals surface area (Å²) in [6, 6.07) is 0. The molecule has 1 aliphatic heterocycles. The summed E-state index contributed by atoms with van der Waals surface area (Å²) < 4.78 is 53.5. The molecule has 0 saturated carbocycles. The van der Waals surface area contributed by atoms with E-state index in [4.69, 9.17) is 28.5 Å². The summed E-state index contributed by atoms with van der Waals surface area (Å²) >= 11 is 0. The van der Waals surface area contributed by atoms with E-state index < -0.39 is 66.2 Å². The number of hydrogen-bond donors (Lipinski definition) is 4. The summed E-state index contributed by atoms with van der Waals surface area (Å²) in [5.74, 6) is -0.281. The molecule has 0 aliphatic carbocycles. The molecule has 0 aromatic heterocycles. The first kappa shape index (κ1) is 52.8. The first-order chi connectivity index (χ1) is 26.7. The SMILES string of the molecule is CCCCCC1OC1C/C=C\CCCCCCCC(=O)OC[C@H](COP(=O)(O)OC[C@@H](O)COP(=O)(O)O)OC(=O)CCCCCCCCCCCCC(C)C. The summed E-state index contributed by atoms with van der Waals surface area (Å²) in [4.78, 5) is 52.6. The largest absolute Gasteiger partial charge is 0.472 e. The minimum Gasteiger partial charge on any atom is -0.462 e. The number of ether oxygens (including phenoxy) is 3. The van der Waals surface area contributed by atoms with Crippen LogP contribution < -0.4 is 0 Å². The fourth-order valence-electron chi connectivity index (χ4n) is 6.13. The van der Waals surface area contributed by atoms with E-state index in [1.807, 2.05) is 0 Å². The molecule has 0 radical (unpaired) electrons. The van der Waals surface area contributed by atoms with Crippen LogP contribution >= 0.6 is 15.6 Å². The van der Waals surface area contributed by atoms with E-state index in [1.165, 1.54) is 70.6 Å². The molecule has 1 saturated heterocycles. The van der Waals surface area contributed by atoms with Crippen molar-refractivity contribution in [2.45, 2.75) is 199 Å². The molecule has 0 amide bonds. The van der Waals surface area contributed by atoms with Crippen LogP contribution in [0.4, 0.5) is 0 Å². The molecule has 0 aromatic rings. The van der Waals surface area contributed by atoms with Crippen molar-refractivity contribution in [3.8, 4) is 0 Å². The minimum atomic E-state index is -4.86. The number of unbranched alkanes of at least 4 members (excludes halogenated alkanes) is 16. The van der Waals surface area contributed by atoms with Crippen LogP contribution in [0.3, 0.4) is 0 Å². The number of hydrogen-bond acceptors (Lipinski definition) is 11. The number of aliphatic hydroxyl groups is 1. The van der Waals surface area contributed by atoms with E-state index in [9.17, 15) is 28.7 Å². The lowest BCUT2D eigenvalue weighted by Crippen LogP contribution is -2.30. The average molecular weight is 843 g/mol. The highest BCUT2D eigenvalue weighted by Crippen LogP contribution is 2.44. The van der Waals surface area contributed by atoms with Gasteiger partial charge >= 0.3 is 27.6 Å². The second kappa shape index (κ2) is 32.6. The van der Waals surface area contributed by atoms with Gasteiger partial charge in [-0.2, -0.15) is 0 Å². The maximum Gasteiger partial charge on any atom is 0.472 e. The zero-order valence-electron chi connectivity index (χ0n) is 34.6. The van der Waals surface area contributed by atoms with Crippen LogP contribution in [0.15, 0.2) is 12.2 Å². The van der Waals surface area contributed by atoms with Gasteiger partial charge in [0.05, 0.1) is 32.0 Å². The van der Waals surface area contributed by atoms with Gasteiger partial charge in [0.1, 0.15) is 12.7 Å². The van der Waals surface area contributed by atoms with Crippen LogP contribution in [-0.2, 0) is 46.5 Å². The minimum absolute atomic E-state index is 0.129. The maximum absolute atomic E-state index is 12.6. The van der Waals surface area contributed by atoms with Gasteiger partial charge in [-0.3, -0.25) is 23.2 Å². The molecule has 0 bridgehead atoms. The predicted molar refractivity (Wildman–Crippen MR) is 216 cm³/mol. The summed E-state index contributed by atoms with van der Waals surface area (Å²) in [6.07, 6.45) is 26.7. The van der Waals surface area contributed by atoms with Gasteiger partial charge in [-0.15, -0.1) is 0 Å². The van der Waals surface area contributed by atoms with Gasteiger partial charge in [-0.25, -0.2) is 9.13 Å². The third-order valence-electron chi connectivity index (χ3n) is 9.50. The van der Waals surface area contributed by atoms with Crippen molar-refractivity contribution in [1.82, 2.24) is 0 Å². The molecule has 0 aromatic carbocycles. The Labute approximate surface area is 337 Å². The van der Waals surface area contributed by atoms with E-state index in [0.717, 1.165) is 63.7 Å². The maximum atomic E-state index is 12.6. The van der Waals surface area contributed by atoms with Gasteiger partial charge in [0.2, 0.25) is 0 Å². The molecule has 5 atom stereocenters. The summed E-state index contributed by atoms with van der Waals surface area (Å²) in [6.45, 7) is 4.01. The number of carbonyl (C=O) groups excluding carboxylic acids is 2. The zero-order chi connectivity index (χ0) is 41.5. The Bertz CT molecular complexity index is 1130. The lowest BCUT2D eigenvalue weighted by molar-refractivity contribution is -0.161. The molecular formula is C40H76O14P2. The molecule has 14 nitrogen and oxygen atoms in total. The molecule has 0 spiro atoms. The van der Waals surface area contributed by atoms with Gasteiger partial charge in [0.25, 0.3) is 0 Å². The molecule has 330 valence electrons. The third kappa shape index (κ3) is 33.8. The van der Waals surface area contributed by atoms with Crippen molar-refractivity contribution in [2.75, 3.05) is 26.4 Å². The smallest absolute Gasteiger partial charge is 0.462 e. The Balaban J connectivity index is 2.35. The fraction of sp³-hybridized carbons (Fsp3) is 0.900. The van der Waals surface area contributed by atoms with Gasteiger partial charge in [-0.1, -0.05) is 136 Å². The Hall–Kier alpha value is -1.18. The van der Waals surface area contributed by atoms with Gasteiger partial charge in [-0.05, 0) is 44.4 Å². The quantitative estimate of drug-likeness (QED) is 0.0150. The van der Waals surface area contributed by atoms with Crippen molar-refractivity contribution < 1.29 is 66.3 Å². The first-order valence-electron chi connectivity index (χ1n) is 21.4. The molecule has 1 rings (SSSR count). The van der Waals surface area contributed by atoms with Crippen molar-refractivity contribution in [2.24, 2.45) is 5.92 Å². The summed E-state index contributed by atoms with van der Waals surface area (Å²) in [7, 11) is -9.67. The summed E-state index contributed by atoms with van der Waals surface area (Å²) in [5.41, 5.74) is 0. The van der Waals surface area contributed by atoms with Crippen LogP contribution in [-0.4, -0.2) is 82.6 Å². The van der Waals surface area contributed by atoms with Crippen molar-refractivity contribution in [3.63, 3.8) is 0 Å². The standard InChI is InChI=1S/C40H76O14P2/c1-4-5-20-26-37-38(54-37)27-22-17-13-10-11-14-18-23-28-39(42)49-32-36(33-52-56(47,48)51-31-35(41)30-50-55(44,45)46)53-40(43)29-24-19-15-9-7-6-8-12-16-21-25-34(2)3/h17,22,34-38,41H,4-16,18-21,23-33H2,1-3H3,(H,47,48)(H2,44,45,46)/b22-17-/t35-,36+,37?,38?/m0/s1. The number of aliphatic hydroxyl groups excluding tert-OH is 1. The van der Waals surface area contributed by atoms with Crippen LogP contribution in [0, 0.1) is 5.92 Å². The van der Waals surface area contributed by atoms with Crippen LogP contribution in [0.5, 0.6) is 0 Å². The molecule has 4 N–H and O–H groups in total. The van der Waals surface area contributed by atoms with Crippen molar-refractivity contribution >= 4 is 27.6 Å². The van der Waals surface area contributed by atoms with Crippen LogP contribution in [0.2, 0.25) is 0 Å². The zero-order valence-corrected chi connectivity index (χ0v) is 36.4. The Kier molecular flexibility index (Phi) is 30.8. The fourth-order valence-corrected chi connectivity index (χ4v) is 7.28. The second-order valence-corrected chi connectivity index (χ2v) is 18.2. The third-order valence-corrected chi connectivity index (χ3v) is 10.9. The number of esters is 2. The normalized spacial score (nSPS) is 17.9. The lowest BCUT2D eigenvalue weighted by atomic mass is 10.0. The van der Waals surface area contributed by atoms with E-state index in [1.54, 1.807) is 0 Å². The molecule has 1 aliphatic rings. The number of phosphoric acid groups is 2. The summed E-state index contributed by atoms with van der Waals surface area (Å²) in [5, 5.41) is 9.74. The molecule has 1 heterocycles. The lowest BCUT2D eigenvalue weighted by Gasteiger charge is -2.20. The van der Waals surface area contributed by atoms with E-state index in [2.05, 4.69) is 42.0 Å². The highest BCUT2D eigenvalue weighted by Gasteiger charge is 2.36. The molecule has 1 fully saturated rings. The van der Waals surface area contributed by atoms with E-state index in [-0.39, 0.29) is 12.8 Å². The number of rotatable bonds is 39. The van der Waals surface area contributed by atoms with E-state index in [0.29, 0.717) is 25.0 Å². The molecule has 3 unspecified atom stereocenters. The van der Waals surface area contributed by atoms with Crippen molar-refractivity contribution in [3.05, 3.63) is 12.2 Å². The average Bonchev–Trinajstić information content (AvgIpc) is 3.89. The number of carbonyl (C=O) groups is 2. The number of epoxide rings is 1. The molecular weight excluding hydrogens is 766 g/mol. The Morgan fingerprint density at radius 3 is 1.82 bits per heavy atom. The topological polar surface area (TPSA) is 208 Å². The Morgan fingerprint density at radius 2 is 1.21 bits per heavy atom. The van der Waals surface area contributed by atoms with Crippen molar-refractivity contribution in [1.29, 1.82) is 0 Å². The van der Waals surface area contributed by atoms with Gasteiger partial charge in [0.15, 0.2) is 6.10 Å². The monoisotopic (exact) mass is 842 g/mol.